The van der Waals surface area contributed by atoms with Crippen molar-refractivity contribution in [3.8, 4) is 16.9 Å². The van der Waals surface area contributed by atoms with E-state index in [0.29, 0.717) is 5.02 Å². The molecule has 2 rings (SSSR count). The van der Waals surface area contributed by atoms with E-state index in [-0.39, 0.29) is 0 Å². The maximum absolute atomic E-state index is 6.07. The highest BCUT2D eigenvalue weighted by molar-refractivity contribution is 6.30. The molecule has 0 aliphatic heterocycles. The minimum absolute atomic E-state index is 0.715. The van der Waals surface area contributed by atoms with Crippen LogP contribution >= 0.6 is 11.6 Å². The molecular weight excluding hydrogens is 248 g/mol. The molecule has 0 spiro atoms. The second-order valence-corrected chi connectivity index (χ2v) is 4.38. The van der Waals surface area contributed by atoms with Crippen LogP contribution < -0.4 is 10.1 Å². The van der Waals surface area contributed by atoms with Crippen molar-refractivity contribution in [2.45, 2.75) is 6.54 Å². The summed E-state index contributed by atoms with van der Waals surface area (Å²) in [5, 5.41) is 3.86. The van der Waals surface area contributed by atoms with Gasteiger partial charge in [-0.1, -0.05) is 17.7 Å². The van der Waals surface area contributed by atoms with E-state index in [2.05, 4.69) is 10.3 Å². The fraction of sp³-hybridized carbons (Fsp3) is 0.214. The molecule has 1 aromatic heterocycles. The number of rotatable bonds is 4. The van der Waals surface area contributed by atoms with E-state index in [1.165, 1.54) is 5.56 Å². The number of hydrogen-bond donors (Lipinski definition) is 1. The van der Waals surface area contributed by atoms with Crippen molar-refractivity contribution in [1.82, 2.24) is 10.3 Å². The third-order valence-corrected chi connectivity index (χ3v) is 2.93. The summed E-state index contributed by atoms with van der Waals surface area (Å²) < 4.78 is 5.20. The summed E-state index contributed by atoms with van der Waals surface area (Å²) >= 11 is 6.07. The van der Waals surface area contributed by atoms with Gasteiger partial charge < -0.3 is 10.1 Å². The third-order valence-electron chi connectivity index (χ3n) is 2.70. The first kappa shape index (κ1) is 12.9. The first-order chi connectivity index (χ1) is 8.74. The molecular formula is C14H15ClN2O. The number of hydrogen-bond acceptors (Lipinski definition) is 3. The lowest BCUT2D eigenvalue weighted by molar-refractivity contribution is 0.413. The topological polar surface area (TPSA) is 34.2 Å². The second kappa shape index (κ2) is 5.85. The molecule has 3 nitrogen and oxygen atoms in total. The van der Waals surface area contributed by atoms with Crippen molar-refractivity contribution >= 4 is 11.6 Å². The molecule has 0 aliphatic rings. The van der Waals surface area contributed by atoms with Crippen LogP contribution in [0.4, 0.5) is 0 Å². The van der Waals surface area contributed by atoms with Gasteiger partial charge in [0.2, 0.25) is 0 Å². The Morgan fingerprint density at radius 2 is 2.11 bits per heavy atom. The van der Waals surface area contributed by atoms with Gasteiger partial charge >= 0.3 is 0 Å². The molecule has 0 unspecified atom stereocenters. The van der Waals surface area contributed by atoms with Crippen LogP contribution in [-0.4, -0.2) is 19.1 Å². The van der Waals surface area contributed by atoms with E-state index >= 15 is 0 Å². The molecule has 18 heavy (non-hydrogen) atoms. The van der Waals surface area contributed by atoms with E-state index in [1.54, 1.807) is 13.3 Å². The van der Waals surface area contributed by atoms with E-state index in [4.69, 9.17) is 16.3 Å². The maximum Gasteiger partial charge on any atom is 0.137 e. The zero-order valence-electron chi connectivity index (χ0n) is 10.4. The summed E-state index contributed by atoms with van der Waals surface area (Å²) in [6.07, 6.45) is 3.50. The summed E-state index contributed by atoms with van der Waals surface area (Å²) in [6.45, 7) is 0.781. The van der Waals surface area contributed by atoms with Crippen molar-refractivity contribution in [2.75, 3.05) is 14.2 Å². The Balaban J connectivity index is 2.50. The van der Waals surface area contributed by atoms with E-state index in [1.807, 2.05) is 37.5 Å². The molecule has 0 fully saturated rings. The van der Waals surface area contributed by atoms with Crippen molar-refractivity contribution in [2.24, 2.45) is 0 Å². The Morgan fingerprint density at radius 3 is 2.83 bits per heavy atom. The number of nitrogens with one attached hydrogen (secondary N) is 1. The molecule has 0 radical (unpaired) electrons. The lowest BCUT2D eigenvalue weighted by Crippen LogP contribution is -2.06. The van der Waals surface area contributed by atoms with Gasteiger partial charge in [0.1, 0.15) is 5.75 Å². The van der Waals surface area contributed by atoms with Crippen LogP contribution in [-0.2, 0) is 6.54 Å². The van der Waals surface area contributed by atoms with E-state index in [0.717, 1.165) is 23.4 Å². The monoisotopic (exact) mass is 262 g/mol. The van der Waals surface area contributed by atoms with Gasteiger partial charge in [-0.05, 0) is 36.4 Å². The lowest BCUT2D eigenvalue weighted by Gasteiger charge is -2.10. The lowest BCUT2D eigenvalue weighted by atomic mass is 10.0. The number of pyridine rings is 1. The first-order valence-corrected chi connectivity index (χ1v) is 6.05. The smallest absolute Gasteiger partial charge is 0.137 e. The number of methoxy groups -OCH3 is 1. The fourth-order valence-electron chi connectivity index (χ4n) is 1.84. The van der Waals surface area contributed by atoms with Gasteiger partial charge in [-0.2, -0.15) is 0 Å². The molecule has 1 aromatic carbocycles. The van der Waals surface area contributed by atoms with Crippen molar-refractivity contribution < 1.29 is 4.74 Å². The van der Waals surface area contributed by atoms with Crippen LogP contribution in [0.2, 0.25) is 5.02 Å². The molecule has 0 amide bonds. The van der Waals surface area contributed by atoms with Crippen LogP contribution in [0.25, 0.3) is 11.1 Å². The molecule has 0 saturated heterocycles. The minimum Gasteiger partial charge on any atom is -0.495 e. The Hall–Kier alpha value is -1.58. The molecule has 0 atom stereocenters. The zero-order valence-corrected chi connectivity index (χ0v) is 11.2. The number of benzene rings is 1. The molecule has 0 saturated carbocycles. The van der Waals surface area contributed by atoms with Gasteiger partial charge in [0.25, 0.3) is 0 Å². The fourth-order valence-corrected chi connectivity index (χ4v) is 2.01. The van der Waals surface area contributed by atoms with Gasteiger partial charge in [0.15, 0.2) is 0 Å². The Morgan fingerprint density at radius 1 is 1.28 bits per heavy atom. The summed E-state index contributed by atoms with van der Waals surface area (Å²) in [4.78, 5) is 4.17. The van der Waals surface area contributed by atoms with Crippen LogP contribution in [0.1, 0.15) is 5.56 Å². The first-order valence-electron chi connectivity index (χ1n) is 5.67. The second-order valence-electron chi connectivity index (χ2n) is 3.95. The Bertz CT molecular complexity index is 543. The van der Waals surface area contributed by atoms with Crippen LogP contribution in [0.3, 0.4) is 0 Å². The highest BCUT2D eigenvalue weighted by atomic mass is 35.5. The number of aromatic nitrogens is 1. The van der Waals surface area contributed by atoms with Crippen LogP contribution in [0.5, 0.6) is 5.75 Å². The molecule has 4 heteroatoms. The Kier molecular flexibility index (Phi) is 4.18. The predicted molar refractivity (Wildman–Crippen MR) is 74.0 cm³/mol. The molecule has 94 valence electrons. The predicted octanol–water partition coefficient (Wildman–Crippen LogP) is 3.13. The van der Waals surface area contributed by atoms with Crippen molar-refractivity contribution in [3.63, 3.8) is 0 Å². The third kappa shape index (κ3) is 2.81. The summed E-state index contributed by atoms with van der Waals surface area (Å²) in [6, 6.07) is 7.82. The van der Waals surface area contributed by atoms with Crippen molar-refractivity contribution in [1.29, 1.82) is 0 Å². The van der Waals surface area contributed by atoms with Crippen LogP contribution in [0, 0.1) is 0 Å². The largest absolute Gasteiger partial charge is 0.495 e. The SMILES string of the molecule is CNCc1ccc(Cl)cc1-c1cncc(OC)c1. The average Bonchev–Trinajstić information content (AvgIpc) is 2.41. The normalized spacial score (nSPS) is 10.4. The van der Waals surface area contributed by atoms with Crippen molar-refractivity contribution in [3.05, 3.63) is 47.2 Å². The molecule has 0 bridgehead atoms. The molecule has 1 heterocycles. The van der Waals surface area contributed by atoms with Gasteiger partial charge in [-0.3, -0.25) is 4.98 Å². The van der Waals surface area contributed by atoms with Crippen LogP contribution in [0.15, 0.2) is 36.7 Å². The number of halogens is 1. The quantitative estimate of drug-likeness (QED) is 0.919. The van der Waals surface area contributed by atoms with Gasteiger partial charge in [-0.15, -0.1) is 0 Å². The summed E-state index contributed by atoms with van der Waals surface area (Å²) in [5.74, 6) is 0.739. The van der Waals surface area contributed by atoms with E-state index < -0.39 is 0 Å². The highest BCUT2D eigenvalue weighted by Gasteiger charge is 2.07. The minimum atomic E-state index is 0.715. The van der Waals surface area contributed by atoms with Gasteiger partial charge in [-0.25, -0.2) is 0 Å². The Labute approximate surface area is 112 Å². The van der Waals surface area contributed by atoms with Gasteiger partial charge in [0.05, 0.1) is 13.3 Å². The van der Waals surface area contributed by atoms with E-state index in [9.17, 15) is 0 Å². The number of ether oxygens (including phenoxy) is 1. The zero-order chi connectivity index (χ0) is 13.0. The molecule has 1 N–H and O–H groups in total. The standard InChI is InChI=1S/C14H15ClN2O/c1-16-7-10-3-4-12(15)6-14(10)11-5-13(18-2)9-17-8-11/h3-6,8-9,16H,7H2,1-2H3. The summed E-state index contributed by atoms with van der Waals surface area (Å²) in [7, 11) is 3.55. The average molecular weight is 263 g/mol. The number of nitrogens with zero attached hydrogens (tertiary/aromatic N) is 1. The maximum atomic E-state index is 6.07. The highest BCUT2D eigenvalue weighted by Crippen LogP contribution is 2.28. The summed E-state index contributed by atoms with van der Waals surface area (Å²) in [5.41, 5.74) is 3.25. The molecule has 2 aromatic rings. The van der Waals surface area contributed by atoms with Gasteiger partial charge in [0, 0.05) is 23.3 Å². The molecule has 0 aliphatic carbocycles.